The van der Waals surface area contributed by atoms with E-state index in [-0.39, 0.29) is 17.2 Å². The lowest BCUT2D eigenvalue weighted by molar-refractivity contribution is -0.159. The topological polar surface area (TPSA) is 54.8 Å². The smallest absolute Gasteiger partial charge is 0.260 e. The molecule has 3 aromatic rings. The van der Waals surface area contributed by atoms with E-state index >= 15 is 0 Å². The molecule has 0 saturated carbocycles. The number of hydrogen-bond acceptors (Lipinski definition) is 4. The molecule has 6 nitrogen and oxygen atoms in total. The van der Waals surface area contributed by atoms with Crippen LogP contribution in [0, 0.1) is 5.41 Å². The number of likely N-dealkylation sites (tertiary alicyclic amines) is 2. The van der Waals surface area contributed by atoms with Gasteiger partial charge in [-0.2, -0.15) is 11.3 Å². The zero-order valence-electron chi connectivity index (χ0n) is 20.6. The number of benzene rings is 1. The number of ether oxygens (including phenoxy) is 1. The van der Waals surface area contributed by atoms with E-state index in [2.05, 4.69) is 16.7 Å². The second-order valence-corrected chi connectivity index (χ2v) is 11.2. The van der Waals surface area contributed by atoms with Gasteiger partial charge in [0.1, 0.15) is 0 Å². The summed E-state index contributed by atoms with van der Waals surface area (Å²) in [6.45, 7) is 5.25. The van der Waals surface area contributed by atoms with Gasteiger partial charge in [0.25, 0.3) is 5.91 Å². The lowest BCUT2D eigenvalue weighted by Gasteiger charge is -2.39. The fourth-order valence-corrected chi connectivity index (χ4v) is 6.61. The maximum absolute atomic E-state index is 14.0. The molecular weight excluding hydrogens is 470 g/mol. The van der Waals surface area contributed by atoms with Crippen LogP contribution in [0.4, 0.5) is 0 Å². The molecule has 1 aromatic carbocycles. The lowest BCUT2D eigenvalue weighted by atomic mass is 9.77. The number of thiophene rings is 1. The first-order chi connectivity index (χ1) is 17.5. The Balaban J connectivity index is 1.14. The molecule has 7 heteroatoms. The molecule has 2 saturated heterocycles. The standard InChI is InChI=1S/C29H31N3O3S/c1-28(25-7-4-14-32(25)24-6-3-2-5-23(24)19-35-28)27(34)31-17-13-29(21-31)11-15-30(16-12-29)26(33)9-8-22-10-18-36-20-22/h2-10,14,18,20H,11-13,15-17,19,21H2,1H3. The maximum atomic E-state index is 14.0. The summed E-state index contributed by atoms with van der Waals surface area (Å²) >= 11 is 1.63. The van der Waals surface area contributed by atoms with Gasteiger partial charge in [-0.3, -0.25) is 9.59 Å². The minimum absolute atomic E-state index is 0.0318. The average molecular weight is 502 g/mol. The fraction of sp³-hybridized carbons (Fsp3) is 0.379. The van der Waals surface area contributed by atoms with E-state index in [1.54, 1.807) is 17.4 Å². The van der Waals surface area contributed by atoms with Crippen molar-refractivity contribution in [2.24, 2.45) is 5.41 Å². The van der Waals surface area contributed by atoms with E-state index < -0.39 is 5.60 Å². The largest absolute Gasteiger partial charge is 0.354 e. The third-order valence-electron chi connectivity index (χ3n) is 8.24. The Bertz CT molecular complexity index is 1300. The molecule has 2 aromatic heterocycles. The molecule has 36 heavy (non-hydrogen) atoms. The van der Waals surface area contributed by atoms with Crippen molar-refractivity contribution in [1.82, 2.24) is 14.4 Å². The summed E-state index contributed by atoms with van der Waals surface area (Å²) in [6, 6.07) is 14.2. The fourth-order valence-electron chi connectivity index (χ4n) is 5.98. The Morgan fingerprint density at radius 2 is 1.78 bits per heavy atom. The Morgan fingerprint density at radius 3 is 2.56 bits per heavy atom. The quantitative estimate of drug-likeness (QED) is 0.483. The number of hydrogen-bond donors (Lipinski definition) is 0. The van der Waals surface area contributed by atoms with Crippen molar-refractivity contribution in [2.75, 3.05) is 26.2 Å². The summed E-state index contributed by atoms with van der Waals surface area (Å²) in [6.07, 6.45) is 8.41. The number of piperidine rings is 1. The van der Waals surface area contributed by atoms with Crippen LogP contribution in [0.25, 0.3) is 11.8 Å². The van der Waals surface area contributed by atoms with Crippen LogP contribution in [0.15, 0.2) is 65.5 Å². The minimum Gasteiger partial charge on any atom is -0.354 e. The highest BCUT2D eigenvalue weighted by atomic mass is 32.1. The normalized spacial score (nSPS) is 23.0. The lowest BCUT2D eigenvalue weighted by Crippen LogP contribution is -2.48. The van der Waals surface area contributed by atoms with Crippen molar-refractivity contribution in [3.05, 3.63) is 82.3 Å². The molecular formula is C29H31N3O3S. The zero-order chi connectivity index (χ0) is 24.8. The number of carbonyl (C=O) groups excluding carboxylic acids is 2. The van der Waals surface area contributed by atoms with Crippen LogP contribution in [-0.2, 0) is 26.5 Å². The van der Waals surface area contributed by atoms with E-state index in [1.807, 2.05) is 70.1 Å². The average Bonchev–Trinajstić information content (AvgIpc) is 3.67. The summed E-state index contributed by atoms with van der Waals surface area (Å²) in [5.74, 6) is 0.103. The van der Waals surface area contributed by atoms with Gasteiger partial charge in [0.15, 0.2) is 5.60 Å². The zero-order valence-corrected chi connectivity index (χ0v) is 21.4. The number of rotatable bonds is 3. The summed E-state index contributed by atoms with van der Waals surface area (Å²) in [4.78, 5) is 30.6. The van der Waals surface area contributed by atoms with Gasteiger partial charge in [-0.1, -0.05) is 18.2 Å². The van der Waals surface area contributed by atoms with Crippen LogP contribution in [0.3, 0.4) is 0 Å². The van der Waals surface area contributed by atoms with Crippen molar-refractivity contribution in [3.8, 4) is 5.69 Å². The van der Waals surface area contributed by atoms with Gasteiger partial charge in [-0.25, -0.2) is 0 Å². The Morgan fingerprint density at radius 1 is 1.00 bits per heavy atom. The van der Waals surface area contributed by atoms with E-state index in [1.165, 1.54) is 0 Å². The molecule has 0 radical (unpaired) electrons. The predicted octanol–water partition coefficient (Wildman–Crippen LogP) is 4.84. The molecule has 3 aliphatic rings. The van der Waals surface area contributed by atoms with Gasteiger partial charge in [-0.05, 0) is 78.3 Å². The van der Waals surface area contributed by atoms with Gasteiger partial charge in [-0.15, -0.1) is 0 Å². The van der Waals surface area contributed by atoms with E-state index in [9.17, 15) is 9.59 Å². The number of amides is 2. The summed E-state index contributed by atoms with van der Waals surface area (Å²) in [5.41, 5.74) is 3.12. The van der Waals surface area contributed by atoms with E-state index in [0.717, 1.165) is 67.9 Å². The molecule has 6 rings (SSSR count). The van der Waals surface area contributed by atoms with Crippen LogP contribution in [0.2, 0.25) is 0 Å². The molecule has 3 aliphatic heterocycles. The van der Waals surface area contributed by atoms with Crippen LogP contribution < -0.4 is 0 Å². The maximum Gasteiger partial charge on any atom is 0.260 e. The molecule has 2 fully saturated rings. The van der Waals surface area contributed by atoms with Gasteiger partial charge in [0, 0.05) is 44.0 Å². The molecule has 1 unspecified atom stereocenters. The number of nitrogens with zero attached hydrogens (tertiary/aromatic N) is 3. The molecule has 0 aliphatic carbocycles. The van der Waals surface area contributed by atoms with Gasteiger partial charge in [0.05, 0.1) is 18.0 Å². The Hall–Kier alpha value is -3.16. The van der Waals surface area contributed by atoms with Crippen molar-refractivity contribution in [3.63, 3.8) is 0 Å². The van der Waals surface area contributed by atoms with E-state index in [4.69, 9.17) is 4.74 Å². The first kappa shape index (κ1) is 23.3. The predicted molar refractivity (Wildman–Crippen MR) is 141 cm³/mol. The first-order valence-corrected chi connectivity index (χ1v) is 13.6. The number of carbonyl (C=O) groups is 2. The monoisotopic (exact) mass is 501 g/mol. The molecule has 0 N–H and O–H groups in total. The van der Waals surface area contributed by atoms with Crippen molar-refractivity contribution in [2.45, 2.75) is 38.4 Å². The third-order valence-corrected chi connectivity index (χ3v) is 8.94. The molecule has 186 valence electrons. The third kappa shape index (κ3) is 4.00. The van der Waals surface area contributed by atoms with Crippen molar-refractivity contribution >= 4 is 29.2 Å². The second kappa shape index (κ2) is 9.05. The molecule has 1 spiro atoms. The van der Waals surface area contributed by atoms with Crippen LogP contribution in [0.1, 0.15) is 43.0 Å². The number of para-hydroxylation sites is 1. The van der Waals surface area contributed by atoms with Crippen LogP contribution in [-0.4, -0.2) is 52.4 Å². The van der Waals surface area contributed by atoms with E-state index in [0.29, 0.717) is 6.61 Å². The van der Waals surface area contributed by atoms with Crippen molar-refractivity contribution in [1.29, 1.82) is 0 Å². The van der Waals surface area contributed by atoms with Gasteiger partial charge >= 0.3 is 0 Å². The number of aromatic nitrogens is 1. The van der Waals surface area contributed by atoms with Gasteiger partial charge in [0.2, 0.25) is 5.91 Å². The summed E-state index contributed by atoms with van der Waals surface area (Å²) < 4.78 is 8.48. The molecule has 2 amide bonds. The summed E-state index contributed by atoms with van der Waals surface area (Å²) in [5, 5.41) is 4.05. The highest BCUT2D eigenvalue weighted by Gasteiger charge is 2.49. The molecule has 5 heterocycles. The minimum atomic E-state index is -1.04. The Labute approximate surface area is 215 Å². The van der Waals surface area contributed by atoms with Crippen molar-refractivity contribution < 1.29 is 14.3 Å². The first-order valence-electron chi connectivity index (χ1n) is 12.7. The van der Waals surface area contributed by atoms with Crippen LogP contribution >= 0.6 is 11.3 Å². The highest BCUT2D eigenvalue weighted by Crippen LogP contribution is 2.43. The summed E-state index contributed by atoms with van der Waals surface area (Å²) in [7, 11) is 0. The number of fused-ring (bicyclic) bond motifs is 3. The van der Waals surface area contributed by atoms with Crippen LogP contribution in [0.5, 0.6) is 0 Å². The molecule has 0 bridgehead atoms. The second-order valence-electron chi connectivity index (χ2n) is 10.4. The Kier molecular flexibility index (Phi) is 5.85. The highest BCUT2D eigenvalue weighted by molar-refractivity contribution is 7.08. The molecule has 1 atom stereocenters. The van der Waals surface area contributed by atoms with Gasteiger partial charge < -0.3 is 19.1 Å². The SMILES string of the molecule is CC1(C(=O)N2CCC3(CCN(C(=O)C=Cc4ccsc4)CC3)C2)OCc2ccccc2-n2cccc21.